The zero-order chi connectivity index (χ0) is 13.5. The van der Waals surface area contributed by atoms with E-state index in [4.69, 9.17) is 19.9 Å². The molecule has 0 aliphatic rings. The minimum Gasteiger partial charge on any atom is -0.496 e. The molecule has 0 fully saturated rings. The molecule has 0 heterocycles. The highest BCUT2D eigenvalue weighted by Gasteiger charge is 2.13. The van der Waals surface area contributed by atoms with Crippen molar-refractivity contribution in [1.29, 1.82) is 0 Å². The third-order valence-electron chi connectivity index (χ3n) is 2.49. The lowest BCUT2D eigenvalue weighted by atomic mass is 10.1. The van der Waals surface area contributed by atoms with Crippen LogP contribution in [0.25, 0.3) is 0 Å². The molecular formula is C14H23NO3. The van der Waals surface area contributed by atoms with Crippen LogP contribution in [0.4, 0.5) is 0 Å². The molecule has 0 aliphatic heterocycles. The molecule has 1 aromatic rings. The second-order valence-corrected chi connectivity index (χ2v) is 4.16. The van der Waals surface area contributed by atoms with Crippen molar-refractivity contribution >= 4 is 0 Å². The third-order valence-corrected chi connectivity index (χ3v) is 2.49. The summed E-state index contributed by atoms with van der Waals surface area (Å²) in [5.74, 6) is 2.25. The average molecular weight is 253 g/mol. The Hall–Kier alpha value is -1.42. The van der Waals surface area contributed by atoms with Crippen molar-refractivity contribution in [3.63, 3.8) is 0 Å². The topological polar surface area (TPSA) is 53.7 Å². The zero-order valence-electron chi connectivity index (χ0n) is 11.7. The Morgan fingerprint density at radius 1 is 1.06 bits per heavy atom. The predicted octanol–water partition coefficient (Wildman–Crippen LogP) is 2.38. The molecule has 0 saturated carbocycles. The van der Waals surface area contributed by atoms with E-state index in [9.17, 15) is 0 Å². The van der Waals surface area contributed by atoms with E-state index in [-0.39, 0.29) is 6.04 Å². The summed E-state index contributed by atoms with van der Waals surface area (Å²) in [4.78, 5) is 0. The maximum absolute atomic E-state index is 5.84. The van der Waals surface area contributed by atoms with Crippen LogP contribution < -0.4 is 19.9 Å². The molecule has 0 unspecified atom stereocenters. The summed E-state index contributed by atoms with van der Waals surface area (Å²) in [6.45, 7) is 7.05. The van der Waals surface area contributed by atoms with Crippen LogP contribution in [0.15, 0.2) is 12.1 Å². The van der Waals surface area contributed by atoms with Gasteiger partial charge >= 0.3 is 0 Å². The molecule has 1 atom stereocenters. The van der Waals surface area contributed by atoms with Crippen molar-refractivity contribution in [2.24, 2.45) is 5.73 Å². The highest BCUT2D eigenvalue weighted by atomic mass is 16.5. The minimum absolute atomic E-state index is 0.0753. The van der Waals surface area contributed by atoms with Crippen molar-refractivity contribution < 1.29 is 14.2 Å². The van der Waals surface area contributed by atoms with Gasteiger partial charge in [0.2, 0.25) is 0 Å². The van der Waals surface area contributed by atoms with Gasteiger partial charge in [-0.1, -0.05) is 0 Å². The van der Waals surface area contributed by atoms with E-state index in [2.05, 4.69) is 0 Å². The standard InChI is InChI=1S/C14H23NO3/c1-5-17-13-8-11(7-10(3)15)12(16-4)9-14(13)18-6-2/h8-10H,5-7,15H2,1-4H3/t10-/m1/s1. The molecule has 18 heavy (non-hydrogen) atoms. The first-order valence-corrected chi connectivity index (χ1v) is 6.34. The summed E-state index contributed by atoms with van der Waals surface area (Å²) in [6, 6.07) is 3.90. The lowest BCUT2D eigenvalue weighted by Gasteiger charge is -2.16. The van der Waals surface area contributed by atoms with Gasteiger partial charge in [0.1, 0.15) is 5.75 Å². The Kier molecular flexibility index (Phi) is 5.78. The number of benzene rings is 1. The van der Waals surface area contributed by atoms with Crippen LogP contribution in [0.5, 0.6) is 17.2 Å². The lowest BCUT2D eigenvalue weighted by molar-refractivity contribution is 0.285. The van der Waals surface area contributed by atoms with E-state index in [1.54, 1.807) is 7.11 Å². The van der Waals surface area contributed by atoms with Gasteiger partial charge in [-0.05, 0) is 38.8 Å². The highest BCUT2D eigenvalue weighted by molar-refractivity contribution is 5.51. The van der Waals surface area contributed by atoms with Gasteiger partial charge in [0.15, 0.2) is 11.5 Å². The van der Waals surface area contributed by atoms with Gasteiger partial charge in [-0.15, -0.1) is 0 Å². The number of nitrogens with two attached hydrogens (primary N) is 1. The fourth-order valence-corrected chi connectivity index (χ4v) is 1.82. The number of rotatable bonds is 7. The Balaban J connectivity index is 3.13. The Morgan fingerprint density at radius 2 is 1.61 bits per heavy atom. The van der Waals surface area contributed by atoms with Crippen molar-refractivity contribution in [2.75, 3.05) is 20.3 Å². The number of hydrogen-bond acceptors (Lipinski definition) is 4. The molecule has 0 aliphatic carbocycles. The van der Waals surface area contributed by atoms with Crippen molar-refractivity contribution in [2.45, 2.75) is 33.2 Å². The number of ether oxygens (including phenoxy) is 3. The normalized spacial score (nSPS) is 12.1. The number of methoxy groups -OCH3 is 1. The molecule has 0 saturated heterocycles. The Labute approximate surface area is 109 Å². The van der Waals surface area contributed by atoms with Gasteiger partial charge in [-0.25, -0.2) is 0 Å². The largest absolute Gasteiger partial charge is 0.496 e. The molecule has 4 heteroatoms. The number of hydrogen-bond donors (Lipinski definition) is 1. The molecule has 0 aromatic heterocycles. The summed E-state index contributed by atoms with van der Waals surface area (Å²) >= 11 is 0. The van der Waals surface area contributed by atoms with Gasteiger partial charge in [-0.2, -0.15) is 0 Å². The van der Waals surface area contributed by atoms with Gasteiger partial charge in [0, 0.05) is 12.1 Å². The Bertz CT molecular complexity index is 378. The van der Waals surface area contributed by atoms with Gasteiger partial charge < -0.3 is 19.9 Å². The highest BCUT2D eigenvalue weighted by Crippen LogP contribution is 2.35. The predicted molar refractivity (Wildman–Crippen MR) is 72.7 cm³/mol. The van der Waals surface area contributed by atoms with Crippen LogP contribution in [-0.2, 0) is 6.42 Å². The van der Waals surface area contributed by atoms with Gasteiger partial charge in [0.05, 0.1) is 20.3 Å². The van der Waals surface area contributed by atoms with E-state index in [1.165, 1.54) is 0 Å². The van der Waals surface area contributed by atoms with Crippen LogP contribution in [-0.4, -0.2) is 26.4 Å². The first-order chi connectivity index (χ1) is 8.62. The summed E-state index contributed by atoms with van der Waals surface area (Å²) in [5, 5.41) is 0. The zero-order valence-corrected chi connectivity index (χ0v) is 11.7. The molecule has 0 amide bonds. The summed E-state index contributed by atoms with van der Waals surface area (Å²) in [6.07, 6.45) is 0.746. The molecule has 0 bridgehead atoms. The quantitative estimate of drug-likeness (QED) is 0.810. The van der Waals surface area contributed by atoms with Crippen molar-refractivity contribution in [1.82, 2.24) is 0 Å². The molecule has 1 aromatic carbocycles. The fraction of sp³-hybridized carbons (Fsp3) is 0.571. The average Bonchev–Trinajstić information content (AvgIpc) is 2.32. The summed E-state index contributed by atoms with van der Waals surface area (Å²) in [7, 11) is 1.65. The second-order valence-electron chi connectivity index (χ2n) is 4.16. The van der Waals surface area contributed by atoms with E-state index in [0.717, 1.165) is 23.5 Å². The monoisotopic (exact) mass is 253 g/mol. The second kappa shape index (κ2) is 7.11. The van der Waals surface area contributed by atoms with Gasteiger partial charge in [-0.3, -0.25) is 0 Å². The maximum Gasteiger partial charge on any atom is 0.164 e. The Morgan fingerprint density at radius 3 is 2.06 bits per heavy atom. The molecule has 1 rings (SSSR count). The summed E-state index contributed by atoms with van der Waals surface area (Å²) in [5.41, 5.74) is 6.88. The SMILES string of the molecule is CCOc1cc(C[C@@H](C)N)c(OC)cc1OCC. The maximum atomic E-state index is 5.84. The molecule has 4 nitrogen and oxygen atoms in total. The lowest BCUT2D eigenvalue weighted by Crippen LogP contribution is -2.18. The third kappa shape index (κ3) is 3.81. The van der Waals surface area contributed by atoms with E-state index >= 15 is 0 Å². The van der Waals surface area contributed by atoms with Crippen LogP contribution in [0.2, 0.25) is 0 Å². The first-order valence-electron chi connectivity index (χ1n) is 6.34. The van der Waals surface area contributed by atoms with Crippen LogP contribution in [0, 0.1) is 0 Å². The molecule has 0 radical (unpaired) electrons. The summed E-state index contributed by atoms with van der Waals surface area (Å²) < 4.78 is 16.5. The van der Waals surface area contributed by atoms with E-state index in [0.29, 0.717) is 19.0 Å². The van der Waals surface area contributed by atoms with E-state index < -0.39 is 0 Å². The smallest absolute Gasteiger partial charge is 0.164 e. The van der Waals surface area contributed by atoms with Crippen LogP contribution in [0.3, 0.4) is 0 Å². The van der Waals surface area contributed by atoms with Crippen molar-refractivity contribution in [3.05, 3.63) is 17.7 Å². The van der Waals surface area contributed by atoms with Gasteiger partial charge in [0.25, 0.3) is 0 Å². The van der Waals surface area contributed by atoms with Crippen molar-refractivity contribution in [3.8, 4) is 17.2 Å². The molecule has 0 spiro atoms. The molecule has 102 valence electrons. The first kappa shape index (κ1) is 14.6. The minimum atomic E-state index is 0.0753. The fourth-order valence-electron chi connectivity index (χ4n) is 1.82. The van der Waals surface area contributed by atoms with Crippen LogP contribution >= 0.6 is 0 Å². The molecule has 2 N–H and O–H groups in total. The molecular weight excluding hydrogens is 230 g/mol. The van der Waals surface area contributed by atoms with Crippen LogP contribution in [0.1, 0.15) is 26.3 Å². The van der Waals surface area contributed by atoms with E-state index in [1.807, 2.05) is 32.9 Å².